The van der Waals surface area contributed by atoms with Crippen LogP contribution in [0.2, 0.25) is 0 Å². The van der Waals surface area contributed by atoms with E-state index in [4.69, 9.17) is 9.15 Å². The van der Waals surface area contributed by atoms with Gasteiger partial charge in [-0.05, 0) is 12.1 Å². The van der Waals surface area contributed by atoms with Gasteiger partial charge < -0.3 is 14.5 Å². The van der Waals surface area contributed by atoms with Crippen LogP contribution < -0.4 is 5.32 Å². The summed E-state index contributed by atoms with van der Waals surface area (Å²) in [4.78, 5) is 0. The second kappa shape index (κ2) is 6.14. The van der Waals surface area contributed by atoms with Crippen molar-refractivity contribution in [3.05, 3.63) is 48.1 Å². The van der Waals surface area contributed by atoms with Crippen LogP contribution in [0.4, 0.5) is 6.01 Å². The zero-order chi connectivity index (χ0) is 14.5. The number of nitrogens with one attached hydrogen (secondary N) is 1. The molecule has 0 unspecified atom stereocenters. The van der Waals surface area contributed by atoms with Gasteiger partial charge in [0.05, 0.1) is 18.4 Å². The summed E-state index contributed by atoms with van der Waals surface area (Å²) in [5, 5.41) is 18.8. The van der Waals surface area contributed by atoms with Gasteiger partial charge in [-0.25, -0.2) is 4.68 Å². The average Bonchev–Trinajstić information content (AvgIpc) is 3.16. The number of anilines is 1. The molecule has 0 amide bonds. The summed E-state index contributed by atoms with van der Waals surface area (Å²) in [5.74, 6) is 0.424. The molecule has 0 saturated carbocycles. The topological polar surface area (TPSA) is 90.9 Å². The zero-order valence-corrected chi connectivity index (χ0v) is 11.4. The van der Waals surface area contributed by atoms with E-state index in [0.717, 1.165) is 11.4 Å². The fourth-order valence-corrected chi connectivity index (χ4v) is 1.76. The van der Waals surface area contributed by atoms with Gasteiger partial charge in [-0.3, -0.25) is 0 Å². The van der Waals surface area contributed by atoms with Gasteiger partial charge in [0.25, 0.3) is 0 Å². The maximum absolute atomic E-state index is 5.32. The predicted molar refractivity (Wildman–Crippen MR) is 73.7 cm³/mol. The molecule has 3 aromatic rings. The van der Waals surface area contributed by atoms with Crippen molar-refractivity contribution in [2.24, 2.45) is 0 Å². The van der Waals surface area contributed by atoms with E-state index < -0.39 is 0 Å². The second-order valence-electron chi connectivity index (χ2n) is 4.28. The fraction of sp³-hybridized carbons (Fsp3) is 0.231. The molecule has 0 saturated heterocycles. The van der Waals surface area contributed by atoms with Crippen molar-refractivity contribution in [3.8, 4) is 5.69 Å². The number of nitrogens with zero attached hydrogens (tertiary/aromatic N) is 5. The Hall–Kier alpha value is -2.74. The molecular formula is C13H14N6O2. The lowest BCUT2D eigenvalue weighted by Crippen LogP contribution is -1.99. The first kappa shape index (κ1) is 13.3. The Kier molecular flexibility index (Phi) is 3.88. The molecular weight excluding hydrogens is 272 g/mol. The SMILES string of the molecule is COCc1nnc(NCc2cn(-c3ccccc3)nn2)o1. The molecule has 8 nitrogen and oxygen atoms in total. The van der Waals surface area contributed by atoms with Crippen LogP contribution in [0.25, 0.3) is 5.69 Å². The van der Waals surface area contributed by atoms with Crippen LogP contribution in [-0.4, -0.2) is 32.3 Å². The number of methoxy groups -OCH3 is 1. The highest BCUT2D eigenvalue weighted by Crippen LogP contribution is 2.09. The molecule has 0 aliphatic rings. The Balaban J connectivity index is 1.62. The Labute approximate surface area is 120 Å². The molecule has 0 radical (unpaired) electrons. The first-order chi connectivity index (χ1) is 10.3. The number of aromatic nitrogens is 5. The third-order valence-electron chi connectivity index (χ3n) is 2.72. The summed E-state index contributed by atoms with van der Waals surface area (Å²) in [6, 6.07) is 10.1. The molecule has 0 aliphatic heterocycles. The highest BCUT2D eigenvalue weighted by atomic mass is 16.5. The van der Waals surface area contributed by atoms with E-state index in [-0.39, 0.29) is 0 Å². The molecule has 1 aromatic carbocycles. The molecule has 1 N–H and O–H groups in total. The molecule has 21 heavy (non-hydrogen) atoms. The smallest absolute Gasteiger partial charge is 0.315 e. The number of para-hydroxylation sites is 1. The summed E-state index contributed by atoms with van der Waals surface area (Å²) in [5.41, 5.74) is 1.72. The number of ether oxygens (including phenoxy) is 1. The lowest BCUT2D eigenvalue weighted by atomic mass is 10.3. The Morgan fingerprint density at radius 3 is 2.86 bits per heavy atom. The van der Waals surface area contributed by atoms with Gasteiger partial charge in [0.2, 0.25) is 5.89 Å². The van der Waals surface area contributed by atoms with Gasteiger partial charge in [-0.1, -0.05) is 28.5 Å². The van der Waals surface area contributed by atoms with Crippen LogP contribution in [0.5, 0.6) is 0 Å². The molecule has 2 heterocycles. The standard InChI is InChI=1S/C13H14N6O2/c1-20-9-12-16-17-13(21-12)14-7-10-8-19(18-15-10)11-5-3-2-4-6-11/h2-6,8H,7,9H2,1H3,(H,14,17). The van der Waals surface area contributed by atoms with E-state index in [1.165, 1.54) is 0 Å². The summed E-state index contributed by atoms with van der Waals surface area (Å²) >= 11 is 0. The maximum Gasteiger partial charge on any atom is 0.315 e. The minimum atomic E-state index is 0.291. The van der Waals surface area contributed by atoms with Crippen LogP contribution >= 0.6 is 0 Å². The van der Waals surface area contributed by atoms with Gasteiger partial charge >= 0.3 is 6.01 Å². The molecule has 108 valence electrons. The second-order valence-corrected chi connectivity index (χ2v) is 4.28. The molecule has 0 fully saturated rings. The quantitative estimate of drug-likeness (QED) is 0.732. The van der Waals surface area contributed by atoms with E-state index in [9.17, 15) is 0 Å². The zero-order valence-electron chi connectivity index (χ0n) is 11.4. The first-order valence-electron chi connectivity index (χ1n) is 6.37. The van der Waals surface area contributed by atoms with Crippen LogP contribution in [0.1, 0.15) is 11.6 Å². The van der Waals surface area contributed by atoms with Crippen molar-refractivity contribution in [1.29, 1.82) is 0 Å². The highest BCUT2D eigenvalue weighted by Gasteiger charge is 2.07. The Bertz CT molecular complexity index is 694. The van der Waals surface area contributed by atoms with Gasteiger partial charge in [0, 0.05) is 7.11 Å². The van der Waals surface area contributed by atoms with Crippen LogP contribution in [-0.2, 0) is 17.9 Å². The van der Waals surface area contributed by atoms with E-state index in [1.54, 1.807) is 11.8 Å². The van der Waals surface area contributed by atoms with Gasteiger partial charge in [-0.15, -0.1) is 10.2 Å². The molecule has 0 aliphatic carbocycles. The monoisotopic (exact) mass is 286 g/mol. The first-order valence-corrected chi connectivity index (χ1v) is 6.37. The van der Waals surface area contributed by atoms with Gasteiger partial charge in [0.15, 0.2) is 0 Å². The summed E-state index contributed by atoms with van der Waals surface area (Å²) in [6.45, 7) is 0.736. The summed E-state index contributed by atoms with van der Waals surface area (Å²) in [6.07, 6.45) is 1.84. The van der Waals surface area contributed by atoms with Gasteiger partial charge in [-0.2, -0.15) is 0 Å². The fourth-order valence-electron chi connectivity index (χ4n) is 1.76. The minimum Gasteiger partial charge on any atom is -0.406 e. The normalized spacial score (nSPS) is 10.7. The lowest BCUT2D eigenvalue weighted by molar-refractivity contribution is 0.160. The van der Waals surface area contributed by atoms with Crippen molar-refractivity contribution in [2.45, 2.75) is 13.2 Å². The molecule has 3 rings (SSSR count). The molecule has 0 bridgehead atoms. The predicted octanol–water partition coefficient (Wildman–Crippen LogP) is 1.41. The van der Waals surface area contributed by atoms with Crippen LogP contribution in [0.3, 0.4) is 0 Å². The van der Waals surface area contributed by atoms with E-state index in [2.05, 4.69) is 25.8 Å². The molecule has 0 spiro atoms. The van der Waals surface area contributed by atoms with Crippen molar-refractivity contribution < 1.29 is 9.15 Å². The Morgan fingerprint density at radius 2 is 2.05 bits per heavy atom. The van der Waals surface area contributed by atoms with E-state index in [1.807, 2.05) is 36.5 Å². The minimum absolute atomic E-state index is 0.291. The molecule has 2 aromatic heterocycles. The number of hydrogen-bond acceptors (Lipinski definition) is 7. The number of rotatable bonds is 6. The molecule has 0 atom stereocenters. The lowest BCUT2D eigenvalue weighted by Gasteiger charge is -1.98. The van der Waals surface area contributed by atoms with Crippen molar-refractivity contribution in [1.82, 2.24) is 25.2 Å². The summed E-state index contributed by atoms with van der Waals surface area (Å²) < 4.78 is 11.9. The maximum atomic E-state index is 5.32. The average molecular weight is 286 g/mol. The summed E-state index contributed by atoms with van der Waals surface area (Å²) in [7, 11) is 1.57. The highest BCUT2D eigenvalue weighted by molar-refractivity contribution is 5.30. The largest absolute Gasteiger partial charge is 0.406 e. The van der Waals surface area contributed by atoms with Crippen molar-refractivity contribution >= 4 is 6.01 Å². The third-order valence-corrected chi connectivity index (χ3v) is 2.72. The van der Waals surface area contributed by atoms with Crippen LogP contribution in [0.15, 0.2) is 40.9 Å². The molecule has 8 heteroatoms. The third kappa shape index (κ3) is 3.23. The van der Waals surface area contributed by atoms with E-state index in [0.29, 0.717) is 25.1 Å². The van der Waals surface area contributed by atoms with Crippen molar-refractivity contribution in [2.75, 3.05) is 12.4 Å². The van der Waals surface area contributed by atoms with Crippen molar-refractivity contribution in [3.63, 3.8) is 0 Å². The van der Waals surface area contributed by atoms with E-state index >= 15 is 0 Å². The van der Waals surface area contributed by atoms with Gasteiger partial charge in [0.1, 0.15) is 12.3 Å². The van der Waals surface area contributed by atoms with Crippen LogP contribution in [0, 0.1) is 0 Å². The Morgan fingerprint density at radius 1 is 1.19 bits per heavy atom. The number of benzene rings is 1. The number of hydrogen-bond donors (Lipinski definition) is 1.